The number of hydrogen-bond donors (Lipinski definition) is 1. The molecule has 0 bridgehead atoms. The third-order valence-corrected chi connectivity index (χ3v) is 3.42. The predicted molar refractivity (Wildman–Crippen MR) is 69.5 cm³/mol. The molecule has 1 aromatic carbocycles. The zero-order chi connectivity index (χ0) is 14.9. The molecule has 106 valence electrons. The second kappa shape index (κ2) is 5.36. The first kappa shape index (κ1) is 14.1. The summed E-state index contributed by atoms with van der Waals surface area (Å²) < 4.78 is 14.6. The van der Waals surface area contributed by atoms with Gasteiger partial charge in [-0.3, -0.25) is 4.79 Å². The third-order valence-electron chi connectivity index (χ3n) is 3.42. The quantitative estimate of drug-likeness (QED) is 0.925. The van der Waals surface area contributed by atoms with Crippen LogP contribution >= 0.6 is 0 Å². The van der Waals surface area contributed by atoms with Crippen molar-refractivity contribution in [1.29, 1.82) is 0 Å². The highest BCUT2D eigenvalue weighted by atomic mass is 19.1. The van der Waals surface area contributed by atoms with Gasteiger partial charge in [0.05, 0.1) is 12.0 Å². The van der Waals surface area contributed by atoms with Crippen LogP contribution in [-0.2, 0) is 4.79 Å². The molecule has 0 saturated carbocycles. The number of halogens is 1. The van der Waals surface area contributed by atoms with Gasteiger partial charge in [-0.2, -0.15) is 0 Å². The number of tetrazole rings is 1. The first-order valence-corrected chi connectivity index (χ1v) is 6.19. The van der Waals surface area contributed by atoms with E-state index in [-0.39, 0.29) is 5.82 Å². The molecule has 0 aliphatic carbocycles. The first-order valence-electron chi connectivity index (χ1n) is 6.19. The summed E-state index contributed by atoms with van der Waals surface area (Å²) in [5, 5.41) is 20.5. The maximum absolute atomic E-state index is 13.1. The van der Waals surface area contributed by atoms with Crippen molar-refractivity contribution in [3.8, 4) is 11.4 Å². The summed E-state index contributed by atoms with van der Waals surface area (Å²) in [6, 6.07) is 3.89. The van der Waals surface area contributed by atoms with Gasteiger partial charge in [-0.1, -0.05) is 0 Å². The van der Waals surface area contributed by atoms with E-state index >= 15 is 0 Å². The molecule has 0 spiro atoms. The Bertz CT molecular complexity index is 641. The van der Waals surface area contributed by atoms with E-state index in [2.05, 4.69) is 15.5 Å². The number of carbonyl (C=O) groups is 1. The van der Waals surface area contributed by atoms with Crippen molar-refractivity contribution in [3.05, 3.63) is 29.6 Å². The monoisotopic (exact) mass is 278 g/mol. The summed E-state index contributed by atoms with van der Waals surface area (Å²) >= 11 is 0. The Balaban J connectivity index is 2.45. The van der Waals surface area contributed by atoms with Crippen molar-refractivity contribution in [2.45, 2.75) is 26.8 Å². The van der Waals surface area contributed by atoms with Gasteiger partial charge >= 0.3 is 5.97 Å². The third kappa shape index (κ3) is 2.52. The Labute approximate surface area is 115 Å². The molecule has 0 fully saturated rings. The maximum atomic E-state index is 13.1. The Morgan fingerprint density at radius 1 is 1.40 bits per heavy atom. The van der Waals surface area contributed by atoms with Crippen molar-refractivity contribution in [3.63, 3.8) is 0 Å². The molecule has 1 aromatic heterocycles. The van der Waals surface area contributed by atoms with E-state index in [1.54, 1.807) is 26.8 Å². The number of aromatic nitrogens is 4. The smallest absolute Gasteiger partial charge is 0.308 e. The van der Waals surface area contributed by atoms with Crippen LogP contribution in [0.4, 0.5) is 4.39 Å². The van der Waals surface area contributed by atoms with Crippen LogP contribution in [0.25, 0.3) is 11.4 Å². The molecule has 0 saturated heterocycles. The number of carboxylic acids is 1. The number of carboxylic acid groups (broad SMARTS) is 1. The lowest BCUT2D eigenvalue weighted by Gasteiger charge is -2.17. The predicted octanol–water partition coefficient (Wildman–Crippen LogP) is 2.07. The Hall–Kier alpha value is -2.31. The van der Waals surface area contributed by atoms with Crippen LogP contribution in [0.5, 0.6) is 0 Å². The van der Waals surface area contributed by atoms with E-state index in [0.717, 1.165) is 0 Å². The fraction of sp³-hybridized carbons (Fsp3) is 0.385. The average Bonchev–Trinajstić information content (AvgIpc) is 2.85. The standard InChI is InChI=1S/C13H15FN4O2/c1-7-6-10(14)4-5-11(7)12-15-16-17-18(12)9(3)8(2)13(19)20/h4-6,8-9H,1-3H3,(H,19,20). The molecule has 2 aromatic rings. The largest absolute Gasteiger partial charge is 0.481 e. The molecular formula is C13H15FN4O2. The number of nitrogens with zero attached hydrogens (tertiary/aromatic N) is 4. The lowest BCUT2D eigenvalue weighted by molar-refractivity contribution is -0.142. The molecule has 0 aliphatic heterocycles. The van der Waals surface area contributed by atoms with Gasteiger partial charge in [0.2, 0.25) is 0 Å². The van der Waals surface area contributed by atoms with Gasteiger partial charge in [0.25, 0.3) is 0 Å². The van der Waals surface area contributed by atoms with E-state index in [0.29, 0.717) is 17.0 Å². The molecule has 7 heteroatoms. The van der Waals surface area contributed by atoms with Crippen LogP contribution in [-0.4, -0.2) is 31.3 Å². The molecule has 2 rings (SSSR count). The van der Waals surface area contributed by atoms with Gasteiger partial charge in [-0.15, -0.1) is 5.10 Å². The fourth-order valence-corrected chi connectivity index (χ4v) is 1.94. The van der Waals surface area contributed by atoms with Gasteiger partial charge in [0, 0.05) is 5.56 Å². The zero-order valence-electron chi connectivity index (χ0n) is 11.4. The van der Waals surface area contributed by atoms with Crippen LogP contribution in [0.2, 0.25) is 0 Å². The minimum atomic E-state index is -0.922. The van der Waals surface area contributed by atoms with Crippen molar-refractivity contribution in [1.82, 2.24) is 20.2 Å². The zero-order valence-corrected chi connectivity index (χ0v) is 11.4. The number of hydrogen-bond acceptors (Lipinski definition) is 4. The topological polar surface area (TPSA) is 80.9 Å². The van der Waals surface area contributed by atoms with Gasteiger partial charge in [0.1, 0.15) is 5.82 Å². The van der Waals surface area contributed by atoms with Crippen molar-refractivity contribution >= 4 is 5.97 Å². The second-order valence-electron chi connectivity index (χ2n) is 4.77. The van der Waals surface area contributed by atoms with Crippen LogP contribution in [0.1, 0.15) is 25.5 Å². The fourth-order valence-electron chi connectivity index (χ4n) is 1.94. The normalized spacial score (nSPS) is 14.0. The Morgan fingerprint density at radius 3 is 2.70 bits per heavy atom. The molecule has 2 atom stereocenters. The SMILES string of the molecule is Cc1cc(F)ccc1-c1nnnn1C(C)C(C)C(=O)O. The number of rotatable bonds is 4. The number of benzene rings is 1. The molecule has 0 amide bonds. The molecule has 1 heterocycles. The summed E-state index contributed by atoms with van der Waals surface area (Å²) in [4.78, 5) is 11.1. The molecule has 20 heavy (non-hydrogen) atoms. The number of aliphatic carboxylic acids is 1. The minimum absolute atomic E-state index is 0.336. The molecule has 1 N–H and O–H groups in total. The Kier molecular flexibility index (Phi) is 3.78. The highest BCUT2D eigenvalue weighted by molar-refractivity contribution is 5.70. The van der Waals surface area contributed by atoms with Gasteiger partial charge in [-0.05, 0) is 55.0 Å². The lowest BCUT2D eigenvalue weighted by Crippen LogP contribution is -2.23. The van der Waals surface area contributed by atoms with Gasteiger partial charge < -0.3 is 5.11 Å². The maximum Gasteiger partial charge on any atom is 0.308 e. The molecule has 6 nitrogen and oxygen atoms in total. The Morgan fingerprint density at radius 2 is 2.10 bits per heavy atom. The van der Waals surface area contributed by atoms with Crippen molar-refractivity contribution < 1.29 is 14.3 Å². The van der Waals surface area contributed by atoms with E-state index in [9.17, 15) is 9.18 Å². The van der Waals surface area contributed by atoms with Crippen LogP contribution in [0.15, 0.2) is 18.2 Å². The molecule has 0 radical (unpaired) electrons. The van der Waals surface area contributed by atoms with Crippen LogP contribution in [0, 0.1) is 18.7 Å². The van der Waals surface area contributed by atoms with E-state index in [1.807, 2.05) is 0 Å². The van der Waals surface area contributed by atoms with Gasteiger partial charge in [0.15, 0.2) is 5.82 Å². The molecule has 0 aliphatic rings. The summed E-state index contributed by atoms with van der Waals surface area (Å²) in [6.07, 6.45) is 0. The van der Waals surface area contributed by atoms with Crippen LogP contribution < -0.4 is 0 Å². The highest BCUT2D eigenvalue weighted by Crippen LogP contribution is 2.26. The number of aryl methyl sites for hydroxylation is 1. The van der Waals surface area contributed by atoms with E-state index in [1.165, 1.54) is 16.8 Å². The van der Waals surface area contributed by atoms with E-state index in [4.69, 9.17) is 5.11 Å². The minimum Gasteiger partial charge on any atom is -0.481 e. The summed E-state index contributed by atoms with van der Waals surface area (Å²) in [5.41, 5.74) is 1.37. The van der Waals surface area contributed by atoms with Crippen molar-refractivity contribution in [2.24, 2.45) is 5.92 Å². The second-order valence-corrected chi connectivity index (χ2v) is 4.77. The first-order chi connectivity index (χ1) is 9.41. The molecular weight excluding hydrogens is 263 g/mol. The van der Waals surface area contributed by atoms with Gasteiger partial charge in [-0.25, -0.2) is 9.07 Å². The van der Waals surface area contributed by atoms with Crippen molar-refractivity contribution in [2.75, 3.05) is 0 Å². The highest BCUT2D eigenvalue weighted by Gasteiger charge is 2.25. The average molecular weight is 278 g/mol. The van der Waals surface area contributed by atoms with E-state index < -0.39 is 17.9 Å². The summed E-state index contributed by atoms with van der Waals surface area (Å²) in [6.45, 7) is 5.08. The summed E-state index contributed by atoms with van der Waals surface area (Å²) in [5.74, 6) is -1.46. The molecule has 2 unspecified atom stereocenters. The summed E-state index contributed by atoms with van der Waals surface area (Å²) in [7, 11) is 0. The van der Waals surface area contributed by atoms with Crippen LogP contribution in [0.3, 0.4) is 0 Å². The lowest BCUT2D eigenvalue weighted by atomic mass is 10.0.